The molecule has 2 aliphatic rings. The number of hydrogen-bond donors (Lipinski definition) is 3. The van der Waals surface area contributed by atoms with E-state index in [0.29, 0.717) is 12.6 Å². The summed E-state index contributed by atoms with van der Waals surface area (Å²) in [5.74, 6) is -0.214. The van der Waals surface area contributed by atoms with Crippen molar-refractivity contribution in [2.24, 2.45) is 0 Å². The summed E-state index contributed by atoms with van der Waals surface area (Å²) in [5, 5.41) is 8.33. The Bertz CT molecular complexity index is 313. The highest BCUT2D eigenvalue weighted by Gasteiger charge is 2.27. The van der Waals surface area contributed by atoms with Gasteiger partial charge in [-0.05, 0) is 25.8 Å². The van der Waals surface area contributed by atoms with Gasteiger partial charge in [0.25, 0.3) is 0 Å². The quantitative estimate of drug-likeness (QED) is 0.606. The molecule has 0 radical (unpaired) electrons. The lowest BCUT2D eigenvalue weighted by Gasteiger charge is -2.37. The zero-order valence-electron chi connectivity index (χ0n) is 10.9. The predicted octanol–water partition coefficient (Wildman–Crippen LogP) is -0.342. The van der Waals surface area contributed by atoms with E-state index >= 15 is 0 Å². The minimum Gasteiger partial charge on any atom is -0.335 e. The van der Waals surface area contributed by atoms with Crippen molar-refractivity contribution in [1.29, 1.82) is 0 Å². The van der Waals surface area contributed by atoms with Gasteiger partial charge < -0.3 is 10.6 Å². The second kappa shape index (κ2) is 6.15. The van der Waals surface area contributed by atoms with Crippen LogP contribution in [0.2, 0.25) is 0 Å². The SMILES string of the molecule is CCCN(CC(=O)NC(=O)NC1CC1)C1CNC1. The minimum absolute atomic E-state index is 0.214. The highest BCUT2D eigenvalue weighted by Crippen LogP contribution is 2.18. The maximum absolute atomic E-state index is 11.8. The van der Waals surface area contributed by atoms with Crippen molar-refractivity contribution in [1.82, 2.24) is 20.9 Å². The summed E-state index contributed by atoms with van der Waals surface area (Å²) in [6.45, 7) is 5.15. The Hall–Kier alpha value is -1.14. The van der Waals surface area contributed by atoms with Gasteiger partial charge in [0, 0.05) is 25.2 Å². The number of carbonyl (C=O) groups excluding carboxylic acids is 2. The Balaban J connectivity index is 1.71. The van der Waals surface area contributed by atoms with Crippen LogP contribution < -0.4 is 16.0 Å². The Morgan fingerprint density at radius 2 is 2.06 bits per heavy atom. The molecule has 2 rings (SSSR count). The summed E-state index contributed by atoms with van der Waals surface area (Å²) < 4.78 is 0. The van der Waals surface area contributed by atoms with Crippen LogP contribution in [0.25, 0.3) is 0 Å². The lowest BCUT2D eigenvalue weighted by molar-refractivity contribution is -0.122. The van der Waals surface area contributed by atoms with Crippen LogP contribution in [0, 0.1) is 0 Å². The molecule has 1 aliphatic heterocycles. The van der Waals surface area contributed by atoms with E-state index in [4.69, 9.17) is 0 Å². The molecule has 6 nitrogen and oxygen atoms in total. The average Bonchev–Trinajstić information content (AvgIpc) is 2.98. The van der Waals surface area contributed by atoms with Gasteiger partial charge in [-0.1, -0.05) is 6.92 Å². The van der Waals surface area contributed by atoms with Gasteiger partial charge in [-0.25, -0.2) is 4.79 Å². The monoisotopic (exact) mass is 254 g/mol. The molecule has 0 atom stereocenters. The van der Waals surface area contributed by atoms with Crippen molar-refractivity contribution in [3.8, 4) is 0 Å². The fourth-order valence-electron chi connectivity index (χ4n) is 2.01. The Morgan fingerprint density at radius 3 is 2.56 bits per heavy atom. The minimum atomic E-state index is -0.356. The van der Waals surface area contributed by atoms with Crippen LogP contribution in [-0.4, -0.2) is 55.1 Å². The Kier molecular flexibility index (Phi) is 4.54. The Labute approximate surface area is 107 Å². The normalized spacial score (nSPS) is 19.4. The maximum atomic E-state index is 11.8. The molecular weight excluding hydrogens is 232 g/mol. The van der Waals surface area contributed by atoms with E-state index in [1.54, 1.807) is 0 Å². The first-order valence-corrected chi connectivity index (χ1v) is 6.74. The summed E-state index contributed by atoms with van der Waals surface area (Å²) in [5.41, 5.74) is 0. The second-order valence-electron chi connectivity index (χ2n) is 5.08. The molecule has 3 N–H and O–H groups in total. The van der Waals surface area contributed by atoms with Gasteiger partial charge in [-0.2, -0.15) is 0 Å². The molecule has 0 aromatic heterocycles. The molecule has 1 heterocycles. The highest BCUT2D eigenvalue weighted by molar-refractivity contribution is 5.95. The smallest absolute Gasteiger partial charge is 0.321 e. The van der Waals surface area contributed by atoms with Crippen LogP contribution in [0.3, 0.4) is 0 Å². The van der Waals surface area contributed by atoms with Gasteiger partial charge in [-0.3, -0.25) is 15.0 Å². The fourth-order valence-corrected chi connectivity index (χ4v) is 2.01. The number of rotatable bonds is 6. The third-order valence-corrected chi connectivity index (χ3v) is 3.30. The number of amides is 3. The molecule has 0 aromatic carbocycles. The number of carbonyl (C=O) groups is 2. The van der Waals surface area contributed by atoms with Gasteiger partial charge in [0.2, 0.25) is 5.91 Å². The lowest BCUT2D eigenvalue weighted by atomic mass is 10.1. The van der Waals surface area contributed by atoms with Crippen molar-refractivity contribution in [3.63, 3.8) is 0 Å². The number of hydrogen-bond acceptors (Lipinski definition) is 4. The maximum Gasteiger partial charge on any atom is 0.321 e. The molecule has 102 valence electrons. The van der Waals surface area contributed by atoms with E-state index in [1.165, 1.54) is 0 Å². The molecule has 6 heteroatoms. The molecule has 0 unspecified atom stereocenters. The van der Waals surface area contributed by atoms with E-state index in [-0.39, 0.29) is 18.0 Å². The van der Waals surface area contributed by atoms with Gasteiger partial charge in [0.05, 0.1) is 6.54 Å². The number of nitrogens with one attached hydrogen (secondary N) is 3. The van der Waals surface area contributed by atoms with Crippen LogP contribution in [0.15, 0.2) is 0 Å². The third kappa shape index (κ3) is 3.96. The first kappa shape index (κ1) is 13.3. The second-order valence-corrected chi connectivity index (χ2v) is 5.08. The average molecular weight is 254 g/mol. The van der Waals surface area contributed by atoms with Gasteiger partial charge in [0.1, 0.15) is 0 Å². The number of imide groups is 1. The summed E-state index contributed by atoms with van der Waals surface area (Å²) >= 11 is 0. The molecule has 1 saturated carbocycles. The topological polar surface area (TPSA) is 73.5 Å². The van der Waals surface area contributed by atoms with E-state index in [2.05, 4.69) is 27.8 Å². The van der Waals surface area contributed by atoms with Crippen LogP contribution in [0.1, 0.15) is 26.2 Å². The van der Waals surface area contributed by atoms with Crippen molar-refractivity contribution < 1.29 is 9.59 Å². The lowest BCUT2D eigenvalue weighted by Crippen LogP contribution is -2.59. The number of urea groups is 1. The molecule has 0 spiro atoms. The molecule has 1 aliphatic carbocycles. The van der Waals surface area contributed by atoms with Gasteiger partial charge in [0.15, 0.2) is 0 Å². The zero-order valence-corrected chi connectivity index (χ0v) is 10.9. The van der Waals surface area contributed by atoms with E-state index in [1.807, 2.05) is 0 Å². The molecule has 3 amide bonds. The van der Waals surface area contributed by atoms with E-state index in [9.17, 15) is 9.59 Å². The zero-order chi connectivity index (χ0) is 13.0. The largest absolute Gasteiger partial charge is 0.335 e. The van der Waals surface area contributed by atoms with Crippen molar-refractivity contribution in [3.05, 3.63) is 0 Å². The molecule has 18 heavy (non-hydrogen) atoms. The highest BCUT2D eigenvalue weighted by atomic mass is 16.2. The van der Waals surface area contributed by atoms with Crippen LogP contribution >= 0.6 is 0 Å². The summed E-state index contributed by atoms with van der Waals surface area (Å²) in [7, 11) is 0. The molecule has 0 aromatic rings. The van der Waals surface area contributed by atoms with Gasteiger partial charge in [-0.15, -0.1) is 0 Å². The first-order valence-electron chi connectivity index (χ1n) is 6.74. The molecular formula is C12H22N4O2. The number of nitrogens with zero attached hydrogens (tertiary/aromatic N) is 1. The molecule has 0 bridgehead atoms. The van der Waals surface area contributed by atoms with Crippen molar-refractivity contribution in [2.75, 3.05) is 26.2 Å². The fraction of sp³-hybridized carbons (Fsp3) is 0.833. The molecule has 1 saturated heterocycles. The third-order valence-electron chi connectivity index (χ3n) is 3.30. The van der Waals surface area contributed by atoms with Crippen LogP contribution in [0.4, 0.5) is 4.79 Å². The van der Waals surface area contributed by atoms with Crippen LogP contribution in [0.5, 0.6) is 0 Å². The van der Waals surface area contributed by atoms with Crippen molar-refractivity contribution >= 4 is 11.9 Å². The standard InChI is InChI=1S/C12H22N4O2/c1-2-5-16(10-6-13-7-10)8-11(17)15-12(18)14-9-3-4-9/h9-10,13H,2-8H2,1H3,(H2,14,15,17,18). The van der Waals surface area contributed by atoms with Crippen molar-refractivity contribution in [2.45, 2.75) is 38.3 Å². The molecule has 2 fully saturated rings. The van der Waals surface area contributed by atoms with Crippen LogP contribution in [-0.2, 0) is 4.79 Å². The predicted molar refractivity (Wildman–Crippen MR) is 68.2 cm³/mol. The summed E-state index contributed by atoms with van der Waals surface area (Å²) in [6.07, 6.45) is 3.06. The summed E-state index contributed by atoms with van der Waals surface area (Å²) in [4.78, 5) is 25.3. The summed E-state index contributed by atoms with van der Waals surface area (Å²) in [6, 6.07) is 0.355. The van der Waals surface area contributed by atoms with E-state index in [0.717, 1.165) is 38.9 Å². The first-order chi connectivity index (χ1) is 8.69. The van der Waals surface area contributed by atoms with Gasteiger partial charge >= 0.3 is 6.03 Å². The Morgan fingerprint density at radius 1 is 1.33 bits per heavy atom. The van der Waals surface area contributed by atoms with E-state index < -0.39 is 0 Å².